The highest BCUT2D eigenvalue weighted by molar-refractivity contribution is 9.10. The zero-order valence-corrected chi connectivity index (χ0v) is 14.0. The number of aryl methyl sites for hydroxylation is 1. The summed E-state index contributed by atoms with van der Waals surface area (Å²) in [6.07, 6.45) is -0.727. The molecule has 1 aromatic carbocycles. The molecule has 1 N–H and O–H groups in total. The standard InChI is InChI=1S/C16H14BrNO2S/c1-9-3-6-14(21-9)15(19)12-8-10-7-11(17)4-5-13(10)18-16(12)20-2/h3-8,15,19H,1-2H3. The molecule has 5 heteroatoms. The van der Waals surface area contributed by atoms with Gasteiger partial charge in [0.15, 0.2) is 0 Å². The minimum atomic E-state index is -0.727. The second-order valence-electron chi connectivity index (χ2n) is 4.77. The van der Waals surface area contributed by atoms with Gasteiger partial charge in [0, 0.05) is 25.2 Å². The van der Waals surface area contributed by atoms with E-state index in [9.17, 15) is 5.11 Å². The summed E-state index contributed by atoms with van der Waals surface area (Å²) in [7, 11) is 1.57. The van der Waals surface area contributed by atoms with Crippen LogP contribution in [0.2, 0.25) is 0 Å². The Hall–Kier alpha value is -1.43. The maximum atomic E-state index is 10.6. The Balaban J connectivity index is 2.15. The van der Waals surface area contributed by atoms with E-state index in [4.69, 9.17) is 4.74 Å². The maximum Gasteiger partial charge on any atom is 0.219 e. The number of nitrogens with zero attached hydrogens (tertiary/aromatic N) is 1. The van der Waals surface area contributed by atoms with Crippen molar-refractivity contribution in [3.63, 3.8) is 0 Å². The molecule has 21 heavy (non-hydrogen) atoms. The van der Waals surface area contributed by atoms with Gasteiger partial charge in [-0.3, -0.25) is 0 Å². The van der Waals surface area contributed by atoms with E-state index in [0.29, 0.717) is 11.4 Å². The van der Waals surface area contributed by atoms with Crippen LogP contribution in [0.1, 0.15) is 21.4 Å². The number of aliphatic hydroxyl groups excluding tert-OH is 1. The first-order valence-electron chi connectivity index (χ1n) is 6.47. The molecule has 1 atom stereocenters. The molecule has 3 aromatic rings. The van der Waals surface area contributed by atoms with Crippen LogP contribution in [0.4, 0.5) is 0 Å². The molecule has 108 valence electrons. The Morgan fingerprint density at radius 1 is 1.24 bits per heavy atom. The largest absolute Gasteiger partial charge is 0.481 e. The van der Waals surface area contributed by atoms with E-state index in [0.717, 1.165) is 20.3 Å². The van der Waals surface area contributed by atoms with Crippen molar-refractivity contribution in [2.75, 3.05) is 7.11 Å². The molecule has 3 nitrogen and oxygen atoms in total. The van der Waals surface area contributed by atoms with Crippen molar-refractivity contribution in [3.8, 4) is 5.88 Å². The van der Waals surface area contributed by atoms with E-state index in [-0.39, 0.29) is 0 Å². The fourth-order valence-electron chi connectivity index (χ4n) is 2.26. The van der Waals surface area contributed by atoms with Gasteiger partial charge in [-0.05, 0) is 43.3 Å². The SMILES string of the molecule is COc1nc2ccc(Br)cc2cc1C(O)c1ccc(C)s1. The van der Waals surface area contributed by atoms with Crippen LogP contribution in [-0.4, -0.2) is 17.2 Å². The van der Waals surface area contributed by atoms with Gasteiger partial charge < -0.3 is 9.84 Å². The third kappa shape index (κ3) is 2.81. The van der Waals surface area contributed by atoms with Gasteiger partial charge in [0.2, 0.25) is 5.88 Å². The van der Waals surface area contributed by atoms with Gasteiger partial charge in [0.05, 0.1) is 12.6 Å². The molecule has 0 spiro atoms. The molecule has 0 amide bonds. The molecule has 0 saturated carbocycles. The van der Waals surface area contributed by atoms with Gasteiger partial charge in [0.25, 0.3) is 0 Å². The third-order valence-corrected chi connectivity index (χ3v) is 4.83. The van der Waals surface area contributed by atoms with Crippen LogP contribution in [0.5, 0.6) is 5.88 Å². The fourth-order valence-corrected chi connectivity index (χ4v) is 3.52. The topological polar surface area (TPSA) is 42.4 Å². The molecule has 2 aromatic heterocycles. The van der Waals surface area contributed by atoms with E-state index < -0.39 is 6.10 Å². The Morgan fingerprint density at radius 2 is 2.05 bits per heavy atom. The van der Waals surface area contributed by atoms with Crippen molar-refractivity contribution < 1.29 is 9.84 Å². The summed E-state index contributed by atoms with van der Waals surface area (Å²) in [6.45, 7) is 2.02. The van der Waals surface area contributed by atoms with Crippen LogP contribution >= 0.6 is 27.3 Å². The van der Waals surface area contributed by atoms with Crippen LogP contribution in [0.3, 0.4) is 0 Å². The maximum absolute atomic E-state index is 10.6. The average Bonchev–Trinajstić information content (AvgIpc) is 2.91. The van der Waals surface area contributed by atoms with Gasteiger partial charge >= 0.3 is 0 Å². The van der Waals surface area contributed by atoms with Crippen molar-refractivity contribution in [1.29, 1.82) is 0 Å². The number of fused-ring (bicyclic) bond motifs is 1. The van der Waals surface area contributed by atoms with Gasteiger partial charge in [0.1, 0.15) is 6.10 Å². The molecular weight excluding hydrogens is 350 g/mol. The molecule has 1 unspecified atom stereocenters. The van der Waals surface area contributed by atoms with Crippen LogP contribution in [0.15, 0.2) is 40.9 Å². The van der Waals surface area contributed by atoms with Crippen molar-refractivity contribution in [2.45, 2.75) is 13.0 Å². The predicted molar refractivity (Wildman–Crippen MR) is 89.1 cm³/mol. The summed E-state index contributed by atoms with van der Waals surface area (Å²) in [5, 5.41) is 11.6. The first-order chi connectivity index (χ1) is 10.1. The van der Waals surface area contributed by atoms with Crippen molar-refractivity contribution in [2.24, 2.45) is 0 Å². The second kappa shape index (κ2) is 5.75. The smallest absolute Gasteiger partial charge is 0.219 e. The lowest BCUT2D eigenvalue weighted by atomic mass is 10.1. The second-order valence-corrected chi connectivity index (χ2v) is 7.01. The number of aromatic nitrogens is 1. The van der Waals surface area contributed by atoms with Crippen LogP contribution in [0, 0.1) is 6.92 Å². The Morgan fingerprint density at radius 3 is 2.71 bits per heavy atom. The Bertz CT molecular complexity index is 800. The van der Waals surface area contributed by atoms with Crippen molar-refractivity contribution in [3.05, 3.63) is 56.2 Å². The highest BCUT2D eigenvalue weighted by atomic mass is 79.9. The van der Waals surface area contributed by atoms with Crippen LogP contribution in [-0.2, 0) is 0 Å². The first kappa shape index (κ1) is 14.5. The number of methoxy groups -OCH3 is 1. The fraction of sp³-hybridized carbons (Fsp3) is 0.188. The van der Waals surface area contributed by atoms with E-state index in [1.807, 2.05) is 43.3 Å². The molecule has 0 bridgehead atoms. The average molecular weight is 364 g/mol. The van der Waals surface area contributed by atoms with Gasteiger partial charge in [-0.15, -0.1) is 11.3 Å². The molecule has 0 fully saturated rings. The molecule has 3 rings (SSSR count). The Labute approximate surface area is 135 Å². The summed E-state index contributed by atoms with van der Waals surface area (Å²) >= 11 is 5.03. The highest BCUT2D eigenvalue weighted by Crippen LogP contribution is 2.34. The number of hydrogen-bond acceptors (Lipinski definition) is 4. The number of ether oxygens (including phenoxy) is 1. The number of halogens is 1. The van der Waals surface area contributed by atoms with E-state index in [1.54, 1.807) is 18.4 Å². The highest BCUT2D eigenvalue weighted by Gasteiger charge is 2.19. The number of rotatable bonds is 3. The molecule has 2 heterocycles. The molecule has 0 aliphatic rings. The van der Waals surface area contributed by atoms with E-state index in [2.05, 4.69) is 20.9 Å². The van der Waals surface area contributed by atoms with E-state index >= 15 is 0 Å². The van der Waals surface area contributed by atoms with Crippen molar-refractivity contribution >= 4 is 38.2 Å². The molecule has 0 aliphatic heterocycles. The summed E-state index contributed by atoms with van der Waals surface area (Å²) in [6, 6.07) is 11.7. The molecular formula is C16H14BrNO2S. The number of aliphatic hydroxyl groups is 1. The lowest BCUT2D eigenvalue weighted by molar-refractivity contribution is 0.217. The van der Waals surface area contributed by atoms with Crippen molar-refractivity contribution in [1.82, 2.24) is 4.98 Å². The minimum Gasteiger partial charge on any atom is -0.481 e. The number of hydrogen-bond donors (Lipinski definition) is 1. The molecule has 0 aliphatic carbocycles. The predicted octanol–water partition coefficient (Wildman–Crippen LogP) is 4.46. The van der Waals surface area contributed by atoms with Crippen LogP contribution < -0.4 is 4.74 Å². The number of pyridine rings is 1. The lowest BCUT2D eigenvalue weighted by Gasteiger charge is -2.14. The zero-order chi connectivity index (χ0) is 15.0. The summed E-state index contributed by atoms with van der Waals surface area (Å²) in [5.74, 6) is 0.461. The quantitative estimate of drug-likeness (QED) is 0.746. The first-order valence-corrected chi connectivity index (χ1v) is 8.08. The Kier molecular flexibility index (Phi) is 3.97. The summed E-state index contributed by atoms with van der Waals surface area (Å²) in [5.41, 5.74) is 1.53. The third-order valence-electron chi connectivity index (χ3n) is 3.29. The number of benzene rings is 1. The minimum absolute atomic E-state index is 0.461. The molecule has 0 radical (unpaired) electrons. The van der Waals surface area contributed by atoms with Gasteiger partial charge in [-0.2, -0.15) is 0 Å². The summed E-state index contributed by atoms with van der Waals surface area (Å²) in [4.78, 5) is 6.55. The summed E-state index contributed by atoms with van der Waals surface area (Å²) < 4.78 is 6.34. The van der Waals surface area contributed by atoms with E-state index in [1.165, 1.54) is 4.88 Å². The normalized spacial score (nSPS) is 12.6. The zero-order valence-electron chi connectivity index (χ0n) is 11.6. The van der Waals surface area contributed by atoms with Gasteiger partial charge in [-0.1, -0.05) is 15.9 Å². The lowest BCUT2D eigenvalue weighted by Crippen LogP contribution is -2.03. The van der Waals surface area contributed by atoms with Gasteiger partial charge in [-0.25, -0.2) is 4.98 Å². The molecule has 0 saturated heterocycles. The van der Waals surface area contributed by atoms with Crippen LogP contribution in [0.25, 0.3) is 10.9 Å². The number of thiophene rings is 1. The monoisotopic (exact) mass is 363 g/mol.